The molecule has 0 saturated heterocycles. The predicted molar refractivity (Wildman–Crippen MR) is 86.9 cm³/mol. The van der Waals surface area contributed by atoms with Crippen LogP contribution in [0.5, 0.6) is 5.75 Å². The van der Waals surface area contributed by atoms with E-state index in [0.717, 1.165) is 23.4 Å². The fraction of sp³-hybridized carbons (Fsp3) is 0.333. The lowest BCUT2D eigenvalue weighted by molar-refractivity contribution is 0.317. The summed E-state index contributed by atoms with van der Waals surface area (Å²) in [6, 6.07) is 13.4. The molecule has 0 radical (unpaired) electrons. The Morgan fingerprint density at radius 1 is 1.23 bits per heavy atom. The van der Waals surface area contributed by atoms with Crippen LogP contribution in [0.4, 0.5) is 0 Å². The van der Waals surface area contributed by atoms with Gasteiger partial charge in [-0.15, -0.1) is 0 Å². The number of nitrogens with zero attached hydrogens (tertiary/aromatic N) is 2. The Kier molecular flexibility index (Phi) is 5.37. The van der Waals surface area contributed by atoms with Gasteiger partial charge in [0.05, 0.1) is 24.8 Å². The molecule has 1 aromatic heterocycles. The fourth-order valence-corrected chi connectivity index (χ4v) is 2.37. The number of aromatic nitrogens is 1. The van der Waals surface area contributed by atoms with Crippen LogP contribution < -0.4 is 10.3 Å². The van der Waals surface area contributed by atoms with Gasteiger partial charge in [0.1, 0.15) is 5.75 Å². The Labute approximate surface area is 130 Å². The number of benzene rings is 1. The summed E-state index contributed by atoms with van der Waals surface area (Å²) in [5.74, 6) is 0.801. The Balaban J connectivity index is 2.46. The maximum Gasteiger partial charge on any atom is 0.255 e. The van der Waals surface area contributed by atoms with E-state index in [9.17, 15) is 4.79 Å². The van der Waals surface area contributed by atoms with Crippen LogP contribution >= 0.6 is 0 Å². The molecule has 0 fully saturated rings. The van der Waals surface area contributed by atoms with Gasteiger partial charge < -0.3 is 9.30 Å². The first-order chi connectivity index (χ1) is 10.7. The van der Waals surface area contributed by atoms with E-state index in [1.165, 1.54) is 0 Å². The van der Waals surface area contributed by atoms with Crippen molar-refractivity contribution in [1.29, 1.82) is 5.26 Å². The Morgan fingerprint density at radius 2 is 2.05 bits per heavy atom. The lowest BCUT2D eigenvalue weighted by atomic mass is 10.1. The molecule has 0 atom stereocenters. The highest BCUT2D eigenvalue weighted by Gasteiger charge is 2.10. The molecule has 4 heteroatoms. The molecular formula is C18H20N2O2. The molecule has 1 aromatic carbocycles. The van der Waals surface area contributed by atoms with Crippen LogP contribution in [0, 0.1) is 11.3 Å². The highest BCUT2D eigenvalue weighted by Crippen LogP contribution is 2.23. The van der Waals surface area contributed by atoms with Gasteiger partial charge in [-0.05, 0) is 31.5 Å². The minimum atomic E-state index is -0.0959. The second kappa shape index (κ2) is 7.46. The van der Waals surface area contributed by atoms with Gasteiger partial charge in [-0.1, -0.05) is 25.1 Å². The van der Waals surface area contributed by atoms with Gasteiger partial charge in [0.25, 0.3) is 5.56 Å². The molecule has 0 amide bonds. The smallest absolute Gasteiger partial charge is 0.255 e. The SMILES string of the molecule is CCCOc1cccc(-c2ccc(CC#N)c(=O)n2CC)c1. The molecule has 4 nitrogen and oxygen atoms in total. The molecule has 0 spiro atoms. The average molecular weight is 296 g/mol. The van der Waals surface area contributed by atoms with Crippen molar-refractivity contribution in [3.8, 4) is 23.1 Å². The Bertz CT molecular complexity index is 741. The summed E-state index contributed by atoms with van der Waals surface area (Å²) < 4.78 is 7.35. The van der Waals surface area contributed by atoms with Crippen molar-refractivity contribution in [2.75, 3.05) is 6.61 Å². The third-order valence-corrected chi connectivity index (χ3v) is 3.44. The van der Waals surface area contributed by atoms with Crippen LogP contribution in [0.1, 0.15) is 25.8 Å². The molecule has 0 saturated carbocycles. The minimum Gasteiger partial charge on any atom is -0.494 e. The van der Waals surface area contributed by atoms with Crippen LogP contribution in [-0.4, -0.2) is 11.2 Å². The van der Waals surface area contributed by atoms with Crippen molar-refractivity contribution >= 4 is 0 Å². The van der Waals surface area contributed by atoms with Gasteiger partial charge >= 0.3 is 0 Å². The lowest BCUT2D eigenvalue weighted by Gasteiger charge is -2.13. The van der Waals surface area contributed by atoms with E-state index < -0.39 is 0 Å². The molecule has 0 aliphatic rings. The van der Waals surface area contributed by atoms with E-state index in [1.807, 2.05) is 43.3 Å². The highest BCUT2D eigenvalue weighted by molar-refractivity contribution is 5.62. The fourth-order valence-electron chi connectivity index (χ4n) is 2.37. The number of hydrogen-bond donors (Lipinski definition) is 0. The van der Waals surface area contributed by atoms with Crippen LogP contribution in [-0.2, 0) is 13.0 Å². The third-order valence-electron chi connectivity index (χ3n) is 3.44. The summed E-state index contributed by atoms with van der Waals surface area (Å²) in [5, 5.41) is 8.80. The highest BCUT2D eigenvalue weighted by atomic mass is 16.5. The number of rotatable bonds is 6. The van der Waals surface area contributed by atoms with Gasteiger partial charge in [0, 0.05) is 17.7 Å². The summed E-state index contributed by atoms with van der Waals surface area (Å²) >= 11 is 0. The first-order valence-electron chi connectivity index (χ1n) is 7.54. The number of hydrogen-bond acceptors (Lipinski definition) is 3. The van der Waals surface area contributed by atoms with E-state index in [4.69, 9.17) is 10.00 Å². The van der Waals surface area contributed by atoms with Crippen LogP contribution in [0.25, 0.3) is 11.3 Å². The van der Waals surface area contributed by atoms with Crippen molar-refractivity contribution in [3.05, 3.63) is 52.3 Å². The van der Waals surface area contributed by atoms with E-state index in [2.05, 4.69) is 6.92 Å². The molecular weight excluding hydrogens is 276 g/mol. The molecule has 0 aliphatic carbocycles. The van der Waals surface area contributed by atoms with Gasteiger partial charge in [-0.3, -0.25) is 4.79 Å². The summed E-state index contributed by atoms with van der Waals surface area (Å²) in [6.07, 6.45) is 1.09. The van der Waals surface area contributed by atoms with Crippen molar-refractivity contribution in [2.45, 2.75) is 33.2 Å². The van der Waals surface area contributed by atoms with Crippen molar-refractivity contribution in [1.82, 2.24) is 4.57 Å². The van der Waals surface area contributed by atoms with Gasteiger partial charge in [0.15, 0.2) is 0 Å². The molecule has 0 unspecified atom stereocenters. The summed E-state index contributed by atoms with van der Waals surface area (Å²) in [4.78, 5) is 12.4. The van der Waals surface area contributed by atoms with Crippen LogP contribution in [0.2, 0.25) is 0 Å². The molecule has 1 heterocycles. The van der Waals surface area contributed by atoms with E-state index in [-0.39, 0.29) is 12.0 Å². The zero-order valence-electron chi connectivity index (χ0n) is 13.0. The zero-order chi connectivity index (χ0) is 15.9. The maximum absolute atomic E-state index is 12.4. The first kappa shape index (κ1) is 15.8. The molecule has 0 N–H and O–H groups in total. The number of ether oxygens (including phenoxy) is 1. The van der Waals surface area contributed by atoms with E-state index >= 15 is 0 Å². The van der Waals surface area contributed by atoms with Crippen LogP contribution in [0.3, 0.4) is 0 Å². The van der Waals surface area contributed by atoms with Gasteiger partial charge in [-0.2, -0.15) is 5.26 Å². The Hall–Kier alpha value is -2.54. The first-order valence-corrected chi connectivity index (χ1v) is 7.54. The second-order valence-electron chi connectivity index (χ2n) is 5.00. The van der Waals surface area contributed by atoms with E-state index in [0.29, 0.717) is 18.7 Å². The molecule has 2 rings (SSSR count). The monoisotopic (exact) mass is 296 g/mol. The normalized spacial score (nSPS) is 10.2. The van der Waals surface area contributed by atoms with Gasteiger partial charge in [0.2, 0.25) is 0 Å². The molecule has 2 aromatic rings. The maximum atomic E-state index is 12.4. The minimum absolute atomic E-state index is 0.0959. The molecule has 114 valence electrons. The van der Waals surface area contributed by atoms with Crippen molar-refractivity contribution in [2.24, 2.45) is 0 Å². The number of nitriles is 1. The third kappa shape index (κ3) is 3.37. The van der Waals surface area contributed by atoms with Crippen LogP contribution in [0.15, 0.2) is 41.2 Å². The van der Waals surface area contributed by atoms with Crippen molar-refractivity contribution < 1.29 is 4.74 Å². The molecule has 22 heavy (non-hydrogen) atoms. The number of pyridine rings is 1. The zero-order valence-corrected chi connectivity index (χ0v) is 13.0. The summed E-state index contributed by atoms with van der Waals surface area (Å²) in [7, 11) is 0. The Morgan fingerprint density at radius 3 is 2.73 bits per heavy atom. The summed E-state index contributed by atoms with van der Waals surface area (Å²) in [6.45, 7) is 5.23. The average Bonchev–Trinajstić information content (AvgIpc) is 2.55. The molecule has 0 bridgehead atoms. The van der Waals surface area contributed by atoms with Crippen molar-refractivity contribution in [3.63, 3.8) is 0 Å². The topological polar surface area (TPSA) is 55.0 Å². The van der Waals surface area contributed by atoms with E-state index in [1.54, 1.807) is 10.6 Å². The predicted octanol–water partition coefficient (Wildman–Crippen LogP) is 3.39. The van der Waals surface area contributed by atoms with Gasteiger partial charge in [-0.25, -0.2) is 0 Å². The molecule has 0 aliphatic heterocycles. The second-order valence-corrected chi connectivity index (χ2v) is 5.00. The summed E-state index contributed by atoms with van der Waals surface area (Å²) in [5.41, 5.74) is 2.22. The quantitative estimate of drug-likeness (QED) is 0.821. The largest absolute Gasteiger partial charge is 0.494 e. The lowest BCUT2D eigenvalue weighted by Crippen LogP contribution is -2.24. The standard InChI is InChI=1S/C18H20N2O2/c1-3-12-22-16-7-5-6-15(13-16)17-9-8-14(10-11-19)18(21)20(17)4-2/h5-9,13H,3-4,10,12H2,1-2H3.